The van der Waals surface area contributed by atoms with Gasteiger partial charge in [0.2, 0.25) is 0 Å². The molecule has 0 aliphatic carbocycles. The number of alkyl halides is 3. The Kier molecular flexibility index (Phi) is 7.09. The smallest absolute Gasteiger partial charge is 0.422 e. The molecule has 148 valence electrons. The van der Waals surface area contributed by atoms with Crippen molar-refractivity contribution >= 4 is 5.96 Å². The van der Waals surface area contributed by atoms with Crippen LogP contribution in [0.15, 0.2) is 35.6 Å². The zero-order valence-corrected chi connectivity index (χ0v) is 15.6. The number of rotatable bonds is 7. The van der Waals surface area contributed by atoms with Crippen LogP contribution in [0.5, 0.6) is 5.75 Å². The number of hydrogen-bond acceptors (Lipinski definition) is 3. The highest BCUT2D eigenvalue weighted by molar-refractivity contribution is 5.79. The largest absolute Gasteiger partial charge is 0.484 e. The average molecular weight is 383 g/mol. The maximum Gasteiger partial charge on any atom is 0.422 e. The highest BCUT2D eigenvalue weighted by Gasteiger charge is 2.28. The van der Waals surface area contributed by atoms with Gasteiger partial charge < -0.3 is 15.4 Å². The van der Waals surface area contributed by atoms with Gasteiger partial charge in [0.25, 0.3) is 0 Å². The summed E-state index contributed by atoms with van der Waals surface area (Å²) in [5.74, 6) is 0.770. The van der Waals surface area contributed by atoms with E-state index in [1.807, 2.05) is 26.2 Å². The van der Waals surface area contributed by atoms with Crippen molar-refractivity contribution in [2.24, 2.45) is 12.0 Å². The zero-order chi connectivity index (χ0) is 19.9. The zero-order valence-electron chi connectivity index (χ0n) is 15.6. The molecule has 1 aromatic carbocycles. The van der Waals surface area contributed by atoms with E-state index in [0.29, 0.717) is 24.6 Å². The number of nitrogens with one attached hydrogen (secondary N) is 2. The van der Waals surface area contributed by atoms with Crippen molar-refractivity contribution in [3.63, 3.8) is 0 Å². The number of guanidine groups is 1. The van der Waals surface area contributed by atoms with Gasteiger partial charge in [0.05, 0.1) is 12.7 Å². The molecule has 1 heterocycles. The number of benzene rings is 1. The molecule has 0 spiro atoms. The van der Waals surface area contributed by atoms with E-state index in [0.717, 1.165) is 11.1 Å². The van der Waals surface area contributed by atoms with Gasteiger partial charge in [-0.3, -0.25) is 4.68 Å². The maximum atomic E-state index is 12.5. The average Bonchev–Trinajstić information content (AvgIpc) is 3.01. The molecule has 2 N–H and O–H groups in total. The molecule has 27 heavy (non-hydrogen) atoms. The van der Waals surface area contributed by atoms with E-state index in [1.165, 1.54) is 0 Å². The lowest BCUT2D eigenvalue weighted by atomic mass is 10.1. The standard InChI is InChI=1S/C18H24F3N5O/c1-4-22-17(23-8-14-9-25-26(3)11-14)24-10-15-6-5-13(2)7-16(15)27-12-18(19,20)21/h5-7,9,11H,4,8,10,12H2,1-3H3,(H2,22,23,24). The molecular formula is C18H24F3N5O. The van der Waals surface area contributed by atoms with Crippen molar-refractivity contribution in [3.05, 3.63) is 47.3 Å². The summed E-state index contributed by atoms with van der Waals surface area (Å²) in [5.41, 5.74) is 2.41. The summed E-state index contributed by atoms with van der Waals surface area (Å²) in [6.07, 6.45) is -0.777. The second-order valence-corrected chi connectivity index (χ2v) is 6.09. The van der Waals surface area contributed by atoms with Gasteiger partial charge >= 0.3 is 6.18 Å². The van der Waals surface area contributed by atoms with E-state index in [4.69, 9.17) is 4.74 Å². The summed E-state index contributed by atoms with van der Waals surface area (Å²) in [6.45, 7) is 3.80. The summed E-state index contributed by atoms with van der Waals surface area (Å²) in [4.78, 5) is 4.46. The number of nitrogens with zero attached hydrogens (tertiary/aromatic N) is 3. The Labute approximate surface area is 156 Å². The van der Waals surface area contributed by atoms with Crippen LogP contribution in [0.25, 0.3) is 0 Å². The van der Waals surface area contributed by atoms with Crippen LogP contribution in [0, 0.1) is 6.92 Å². The number of aromatic nitrogens is 2. The van der Waals surface area contributed by atoms with Crippen molar-refractivity contribution in [1.82, 2.24) is 20.4 Å². The Morgan fingerprint density at radius 2 is 2.07 bits per heavy atom. The molecule has 0 aliphatic rings. The van der Waals surface area contributed by atoms with Gasteiger partial charge in [-0.15, -0.1) is 0 Å². The van der Waals surface area contributed by atoms with E-state index >= 15 is 0 Å². The molecule has 1 aromatic heterocycles. The third kappa shape index (κ3) is 7.20. The molecule has 0 amide bonds. The second-order valence-electron chi connectivity index (χ2n) is 6.09. The van der Waals surface area contributed by atoms with Crippen molar-refractivity contribution in [3.8, 4) is 5.75 Å². The molecule has 2 rings (SSSR count). The Morgan fingerprint density at radius 3 is 2.70 bits per heavy atom. The lowest BCUT2D eigenvalue weighted by Crippen LogP contribution is -2.37. The van der Waals surface area contributed by atoms with E-state index in [9.17, 15) is 13.2 Å². The van der Waals surface area contributed by atoms with Crippen molar-refractivity contribution in [2.45, 2.75) is 33.1 Å². The minimum absolute atomic E-state index is 0.211. The first-order valence-electron chi connectivity index (χ1n) is 8.55. The summed E-state index contributed by atoms with van der Waals surface area (Å²) >= 11 is 0. The Morgan fingerprint density at radius 1 is 1.30 bits per heavy atom. The van der Waals surface area contributed by atoms with Crippen LogP contribution in [0.1, 0.15) is 23.6 Å². The Bertz CT molecular complexity index is 771. The maximum absolute atomic E-state index is 12.5. The van der Waals surface area contributed by atoms with Gasteiger partial charge in [0.1, 0.15) is 5.75 Å². The lowest BCUT2D eigenvalue weighted by molar-refractivity contribution is -0.153. The van der Waals surface area contributed by atoms with Crippen molar-refractivity contribution < 1.29 is 17.9 Å². The van der Waals surface area contributed by atoms with Crippen molar-refractivity contribution in [1.29, 1.82) is 0 Å². The fraction of sp³-hybridized carbons (Fsp3) is 0.444. The predicted octanol–water partition coefficient (Wildman–Crippen LogP) is 2.92. The summed E-state index contributed by atoms with van der Waals surface area (Å²) in [7, 11) is 1.83. The highest BCUT2D eigenvalue weighted by Crippen LogP contribution is 2.23. The molecule has 0 aliphatic heterocycles. The van der Waals surface area contributed by atoms with Crippen LogP contribution in [0.2, 0.25) is 0 Å². The van der Waals surface area contributed by atoms with E-state index < -0.39 is 12.8 Å². The molecule has 0 fully saturated rings. The number of halogens is 3. The van der Waals surface area contributed by atoms with Gasteiger partial charge in [-0.25, -0.2) is 4.99 Å². The number of hydrogen-bond donors (Lipinski definition) is 2. The van der Waals surface area contributed by atoms with E-state index in [1.54, 1.807) is 29.9 Å². The second kappa shape index (κ2) is 9.29. The molecule has 0 saturated carbocycles. The van der Waals surface area contributed by atoms with Gasteiger partial charge in [-0.1, -0.05) is 12.1 Å². The molecule has 9 heteroatoms. The van der Waals surface area contributed by atoms with Gasteiger partial charge in [0, 0.05) is 37.5 Å². The Balaban J connectivity index is 2.05. The molecule has 0 bridgehead atoms. The van der Waals surface area contributed by atoms with E-state index in [-0.39, 0.29) is 12.3 Å². The molecule has 2 aromatic rings. The third-order valence-corrected chi connectivity index (χ3v) is 3.58. The monoisotopic (exact) mass is 383 g/mol. The van der Waals surface area contributed by atoms with Crippen LogP contribution in [-0.4, -0.2) is 35.1 Å². The van der Waals surface area contributed by atoms with E-state index in [2.05, 4.69) is 20.7 Å². The fourth-order valence-electron chi connectivity index (χ4n) is 2.35. The van der Waals surface area contributed by atoms with Crippen molar-refractivity contribution in [2.75, 3.05) is 13.2 Å². The number of aliphatic imine (C=N–C) groups is 1. The summed E-state index contributed by atoms with van der Waals surface area (Å²) in [6, 6.07) is 5.18. The van der Waals surface area contributed by atoms with Crippen LogP contribution in [0.3, 0.4) is 0 Å². The van der Waals surface area contributed by atoms with Gasteiger partial charge in [-0.2, -0.15) is 18.3 Å². The molecular weight excluding hydrogens is 359 g/mol. The third-order valence-electron chi connectivity index (χ3n) is 3.58. The quantitative estimate of drug-likeness (QED) is 0.570. The molecule has 6 nitrogen and oxygen atoms in total. The first kappa shape index (κ1) is 20.6. The predicted molar refractivity (Wildman–Crippen MR) is 97.6 cm³/mol. The molecule has 0 saturated heterocycles. The van der Waals surface area contributed by atoms with Crippen LogP contribution in [0.4, 0.5) is 13.2 Å². The fourth-order valence-corrected chi connectivity index (χ4v) is 2.35. The Hall–Kier alpha value is -2.71. The minimum atomic E-state index is -4.38. The molecule has 0 radical (unpaired) electrons. The first-order valence-corrected chi connectivity index (χ1v) is 8.55. The lowest BCUT2D eigenvalue weighted by Gasteiger charge is -2.16. The van der Waals surface area contributed by atoms with Crippen LogP contribution in [-0.2, 0) is 20.1 Å². The highest BCUT2D eigenvalue weighted by atomic mass is 19.4. The van der Waals surface area contributed by atoms with Gasteiger partial charge in [0.15, 0.2) is 12.6 Å². The van der Waals surface area contributed by atoms with Crippen LogP contribution < -0.4 is 15.4 Å². The summed E-state index contributed by atoms with van der Waals surface area (Å²) < 4.78 is 44.1. The number of aryl methyl sites for hydroxylation is 2. The minimum Gasteiger partial charge on any atom is -0.484 e. The number of ether oxygens (including phenoxy) is 1. The first-order chi connectivity index (χ1) is 12.8. The SMILES string of the molecule is CCNC(=NCc1cnn(C)c1)NCc1ccc(C)cc1OCC(F)(F)F. The normalized spacial score (nSPS) is 12.1. The molecule has 0 atom stereocenters. The van der Waals surface area contributed by atoms with Crippen LogP contribution >= 0.6 is 0 Å². The van der Waals surface area contributed by atoms with Gasteiger partial charge in [-0.05, 0) is 25.5 Å². The summed E-state index contributed by atoms with van der Waals surface area (Å²) in [5, 5.41) is 10.3. The molecule has 0 unspecified atom stereocenters. The topological polar surface area (TPSA) is 63.5 Å².